The molecule has 0 spiro atoms. The molecule has 164 valence electrons. The molecule has 1 aromatic carbocycles. The first kappa shape index (κ1) is 21.3. The van der Waals surface area contributed by atoms with E-state index in [1.165, 1.54) is 6.33 Å². The summed E-state index contributed by atoms with van der Waals surface area (Å²) in [6.45, 7) is 5.54. The van der Waals surface area contributed by atoms with E-state index in [-0.39, 0.29) is 24.7 Å². The van der Waals surface area contributed by atoms with Crippen LogP contribution in [-0.4, -0.2) is 40.3 Å². The molecule has 4 rings (SSSR count). The van der Waals surface area contributed by atoms with Gasteiger partial charge >= 0.3 is 5.97 Å². The number of hydrogen-bond donors (Lipinski definition) is 1. The van der Waals surface area contributed by atoms with Crippen LogP contribution in [0.3, 0.4) is 0 Å². The van der Waals surface area contributed by atoms with E-state index < -0.39 is 5.60 Å². The molecule has 0 amide bonds. The average Bonchev–Trinajstić information content (AvgIpc) is 3.18. The lowest BCUT2D eigenvalue weighted by atomic mass is 9.92. The summed E-state index contributed by atoms with van der Waals surface area (Å²) in [5.74, 6) is 1.20. The zero-order valence-electron chi connectivity index (χ0n) is 18.3. The van der Waals surface area contributed by atoms with Gasteiger partial charge in [0.05, 0.1) is 11.5 Å². The summed E-state index contributed by atoms with van der Waals surface area (Å²) in [6.07, 6.45) is 5.30. The molecule has 1 aliphatic rings. The van der Waals surface area contributed by atoms with Gasteiger partial charge in [-0.05, 0) is 52.5 Å². The number of anilines is 1. The van der Waals surface area contributed by atoms with E-state index in [0.29, 0.717) is 5.71 Å². The summed E-state index contributed by atoms with van der Waals surface area (Å²) >= 11 is 0. The summed E-state index contributed by atoms with van der Waals surface area (Å²) < 4.78 is 17.1. The highest BCUT2D eigenvalue weighted by Gasteiger charge is 2.25. The maximum Gasteiger partial charge on any atom is 0.332 e. The van der Waals surface area contributed by atoms with Crippen molar-refractivity contribution in [2.24, 2.45) is 0 Å². The second-order valence-corrected chi connectivity index (χ2v) is 8.95. The van der Waals surface area contributed by atoms with E-state index in [1.54, 1.807) is 0 Å². The third-order valence-corrected chi connectivity index (χ3v) is 5.21. The van der Waals surface area contributed by atoms with Crippen LogP contribution < -0.4 is 5.32 Å². The molecule has 31 heavy (non-hydrogen) atoms. The Morgan fingerprint density at radius 1 is 1.19 bits per heavy atom. The molecule has 7 nitrogen and oxygen atoms in total. The van der Waals surface area contributed by atoms with Crippen molar-refractivity contribution in [1.82, 2.24) is 9.97 Å². The Balaban J connectivity index is 1.40. The molecule has 2 heterocycles. The third kappa shape index (κ3) is 5.61. The number of ether oxygens (including phenoxy) is 2. The summed E-state index contributed by atoms with van der Waals surface area (Å²) in [4.78, 5) is 20.7. The highest BCUT2D eigenvalue weighted by atomic mass is 16.6. The lowest BCUT2D eigenvalue weighted by Crippen LogP contribution is -2.34. The molecule has 3 aromatic rings. The molecule has 1 N–H and O–H groups in total. The number of esters is 1. The number of carbonyl (C=O) groups is 1. The summed E-state index contributed by atoms with van der Waals surface area (Å²) in [5.41, 5.74) is 1.06. The van der Waals surface area contributed by atoms with E-state index in [2.05, 4.69) is 15.3 Å². The molecular weight excluding hydrogens is 394 g/mol. The summed E-state index contributed by atoms with van der Waals surface area (Å²) in [6, 6.07) is 12.1. The third-order valence-electron chi connectivity index (χ3n) is 5.21. The van der Waals surface area contributed by atoms with E-state index >= 15 is 0 Å². The molecule has 1 aliphatic carbocycles. The van der Waals surface area contributed by atoms with Gasteiger partial charge < -0.3 is 19.2 Å². The molecule has 1 saturated carbocycles. The Kier molecular flexibility index (Phi) is 6.23. The number of aromatic nitrogens is 2. The first-order valence-corrected chi connectivity index (χ1v) is 10.8. The average molecular weight is 424 g/mol. The number of nitrogens with one attached hydrogen (secondary N) is 1. The molecule has 0 aliphatic heterocycles. The van der Waals surface area contributed by atoms with E-state index in [0.717, 1.165) is 48.2 Å². The first-order chi connectivity index (χ1) is 14.9. The number of fused-ring (bicyclic) bond motifs is 1. The van der Waals surface area contributed by atoms with Crippen LogP contribution in [0.5, 0.6) is 0 Å². The molecule has 2 atom stereocenters. The number of nitrogens with zero attached hydrogens (tertiary/aromatic N) is 2. The van der Waals surface area contributed by atoms with Crippen molar-refractivity contribution in [3.05, 3.63) is 42.7 Å². The number of rotatable bonds is 6. The lowest BCUT2D eigenvalue weighted by Gasteiger charge is -2.30. The molecule has 1 fully saturated rings. The second-order valence-electron chi connectivity index (χ2n) is 8.95. The van der Waals surface area contributed by atoms with Gasteiger partial charge in [-0.25, -0.2) is 14.8 Å². The SMILES string of the molecule is CC(C)(C)OC(=O)CO[C@@H]1CCCC(Nc2ncnc3oc(-c4ccccc4)cc23)C1. The van der Waals surface area contributed by atoms with Crippen LogP contribution in [0.15, 0.2) is 47.1 Å². The quantitative estimate of drug-likeness (QED) is 0.560. The number of carbonyl (C=O) groups excluding carboxylic acids is 1. The minimum atomic E-state index is -0.501. The molecule has 0 saturated heterocycles. The van der Waals surface area contributed by atoms with Gasteiger partial charge in [0.1, 0.15) is 30.1 Å². The number of benzene rings is 1. The van der Waals surface area contributed by atoms with Crippen LogP contribution in [-0.2, 0) is 14.3 Å². The van der Waals surface area contributed by atoms with Gasteiger partial charge in [0.25, 0.3) is 0 Å². The minimum Gasteiger partial charge on any atom is -0.458 e. The van der Waals surface area contributed by atoms with Crippen molar-refractivity contribution in [2.75, 3.05) is 11.9 Å². The number of furan rings is 1. The predicted molar refractivity (Wildman–Crippen MR) is 119 cm³/mol. The molecule has 2 aromatic heterocycles. The van der Waals surface area contributed by atoms with Gasteiger partial charge in [-0.3, -0.25) is 0 Å². The zero-order chi connectivity index (χ0) is 21.8. The predicted octanol–water partition coefficient (Wildman–Crippen LogP) is 4.97. The fourth-order valence-electron chi connectivity index (χ4n) is 3.89. The van der Waals surface area contributed by atoms with Crippen LogP contribution in [0.25, 0.3) is 22.4 Å². The van der Waals surface area contributed by atoms with Crippen molar-refractivity contribution >= 4 is 22.9 Å². The van der Waals surface area contributed by atoms with E-state index in [4.69, 9.17) is 13.9 Å². The minimum absolute atomic E-state index is 0.0142. The Bertz CT molecular complexity index is 1030. The fraction of sp³-hybridized carbons (Fsp3) is 0.458. The maximum atomic E-state index is 11.9. The fourth-order valence-corrected chi connectivity index (χ4v) is 3.89. The van der Waals surface area contributed by atoms with E-state index in [1.807, 2.05) is 57.2 Å². The highest BCUT2D eigenvalue weighted by Crippen LogP contribution is 2.31. The smallest absolute Gasteiger partial charge is 0.332 e. The highest BCUT2D eigenvalue weighted by molar-refractivity contribution is 5.89. The maximum absolute atomic E-state index is 11.9. The Labute approximate surface area is 182 Å². The molecular formula is C24H29N3O4. The van der Waals surface area contributed by atoms with Gasteiger partial charge in [0, 0.05) is 11.6 Å². The monoisotopic (exact) mass is 423 g/mol. The Hall–Kier alpha value is -2.93. The zero-order valence-corrected chi connectivity index (χ0v) is 18.3. The number of hydrogen-bond acceptors (Lipinski definition) is 7. The summed E-state index contributed by atoms with van der Waals surface area (Å²) in [7, 11) is 0. The van der Waals surface area contributed by atoms with Crippen molar-refractivity contribution in [3.8, 4) is 11.3 Å². The van der Waals surface area contributed by atoms with Gasteiger partial charge in [-0.1, -0.05) is 30.3 Å². The van der Waals surface area contributed by atoms with Crippen molar-refractivity contribution in [2.45, 2.75) is 64.2 Å². The van der Waals surface area contributed by atoms with Crippen LogP contribution in [0.4, 0.5) is 5.82 Å². The normalized spacial score (nSPS) is 19.3. The van der Waals surface area contributed by atoms with Gasteiger partial charge in [-0.15, -0.1) is 0 Å². The molecule has 0 bridgehead atoms. The second kappa shape index (κ2) is 9.06. The first-order valence-electron chi connectivity index (χ1n) is 10.8. The van der Waals surface area contributed by atoms with Crippen LogP contribution in [0.2, 0.25) is 0 Å². The van der Waals surface area contributed by atoms with Gasteiger partial charge in [0.2, 0.25) is 5.71 Å². The topological polar surface area (TPSA) is 86.5 Å². The van der Waals surface area contributed by atoms with Crippen molar-refractivity contribution < 1.29 is 18.7 Å². The van der Waals surface area contributed by atoms with Crippen molar-refractivity contribution in [3.63, 3.8) is 0 Å². The van der Waals surface area contributed by atoms with E-state index in [9.17, 15) is 4.79 Å². The van der Waals surface area contributed by atoms with Crippen LogP contribution >= 0.6 is 0 Å². The van der Waals surface area contributed by atoms with Gasteiger partial charge in [0.15, 0.2) is 0 Å². The van der Waals surface area contributed by atoms with Crippen LogP contribution in [0, 0.1) is 0 Å². The van der Waals surface area contributed by atoms with Gasteiger partial charge in [-0.2, -0.15) is 0 Å². The standard InChI is InChI=1S/C24H29N3O4/c1-24(2,3)31-21(28)14-29-18-11-7-10-17(12-18)27-22-19-13-20(16-8-5-4-6-9-16)30-23(19)26-15-25-22/h4-6,8-9,13,15,17-18H,7,10-12,14H2,1-3H3,(H,25,26,27)/t17?,18-/m1/s1. The lowest BCUT2D eigenvalue weighted by molar-refractivity contribution is -0.162. The Morgan fingerprint density at radius 2 is 2.00 bits per heavy atom. The summed E-state index contributed by atoms with van der Waals surface area (Å²) in [5, 5.41) is 4.40. The van der Waals surface area contributed by atoms with Crippen molar-refractivity contribution in [1.29, 1.82) is 0 Å². The molecule has 1 unspecified atom stereocenters. The van der Waals surface area contributed by atoms with Crippen LogP contribution in [0.1, 0.15) is 46.5 Å². The molecule has 0 radical (unpaired) electrons. The largest absolute Gasteiger partial charge is 0.458 e. The Morgan fingerprint density at radius 3 is 2.77 bits per heavy atom. The molecule has 7 heteroatoms.